The van der Waals surface area contributed by atoms with E-state index < -0.39 is 0 Å². The molecule has 2 aliphatic rings. The minimum Gasteiger partial charge on any atom is -0.242 e. The zero-order chi connectivity index (χ0) is 8.93. The highest BCUT2D eigenvalue weighted by molar-refractivity contribution is 4.67. The van der Waals surface area contributed by atoms with Crippen molar-refractivity contribution in [2.45, 2.75) is 44.9 Å². The van der Waals surface area contributed by atoms with Crippen molar-refractivity contribution in [1.82, 2.24) is 10.0 Å². The lowest BCUT2D eigenvalue weighted by Gasteiger charge is -2.38. The van der Waals surface area contributed by atoms with Crippen LogP contribution in [0, 0.1) is 0 Å². The Morgan fingerprint density at radius 3 is 1.15 bits per heavy atom. The molecule has 0 aromatic rings. The van der Waals surface area contributed by atoms with Gasteiger partial charge in [0.15, 0.2) is 0 Å². The summed E-state index contributed by atoms with van der Waals surface area (Å²) in [4.78, 5) is 0. The predicted octanol–water partition coefficient (Wildman–Crippen LogP) is 2.26. The molecule has 0 radical (unpaired) electrons. The Labute approximate surface area is 81.9 Å². The highest BCUT2D eigenvalue weighted by Gasteiger charge is 2.19. The van der Waals surface area contributed by atoms with E-state index in [1.807, 2.05) is 0 Å². The fourth-order valence-corrected chi connectivity index (χ4v) is 2.50. The second kappa shape index (κ2) is 4.97. The van der Waals surface area contributed by atoms with E-state index in [1.54, 1.807) is 0 Å². The molecular formula is C11H22N2. The fourth-order valence-electron chi connectivity index (χ4n) is 2.50. The number of fused-ring (bicyclic) bond motifs is 1. The Kier molecular flexibility index (Phi) is 3.62. The zero-order valence-corrected chi connectivity index (χ0v) is 8.67. The first-order valence-electron chi connectivity index (χ1n) is 5.96. The number of hydrogen-bond donors (Lipinski definition) is 0. The van der Waals surface area contributed by atoms with E-state index in [0.717, 1.165) is 0 Å². The van der Waals surface area contributed by atoms with Crippen LogP contribution in [0.5, 0.6) is 0 Å². The second-order valence-electron chi connectivity index (χ2n) is 4.38. The maximum atomic E-state index is 2.61. The molecule has 0 saturated carbocycles. The summed E-state index contributed by atoms with van der Waals surface area (Å²) in [6, 6.07) is 0. The Morgan fingerprint density at radius 1 is 0.385 bits per heavy atom. The van der Waals surface area contributed by atoms with Gasteiger partial charge in [0.05, 0.1) is 0 Å². The van der Waals surface area contributed by atoms with Gasteiger partial charge >= 0.3 is 0 Å². The largest absolute Gasteiger partial charge is 0.242 e. The summed E-state index contributed by atoms with van der Waals surface area (Å²) in [6.45, 7) is 5.28. The average Bonchev–Trinajstić information content (AvgIpc) is 2.28. The Balaban J connectivity index is 1.88. The molecule has 2 heteroatoms. The fraction of sp³-hybridized carbons (Fsp3) is 1.00. The van der Waals surface area contributed by atoms with E-state index >= 15 is 0 Å². The van der Waals surface area contributed by atoms with Crippen molar-refractivity contribution in [3.63, 3.8) is 0 Å². The van der Waals surface area contributed by atoms with Gasteiger partial charge < -0.3 is 0 Å². The van der Waals surface area contributed by atoms with Gasteiger partial charge in [0.25, 0.3) is 0 Å². The van der Waals surface area contributed by atoms with Crippen LogP contribution in [-0.4, -0.2) is 36.2 Å². The highest BCUT2D eigenvalue weighted by atomic mass is 15.6. The first kappa shape index (κ1) is 9.47. The van der Waals surface area contributed by atoms with E-state index in [9.17, 15) is 0 Å². The molecule has 2 heterocycles. The Hall–Kier alpha value is -0.0800. The van der Waals surface area contributed by atoms with Crippen LogP contribution in [0.3, 0.4) is 0 Å². The Bertz CT molecular complexity index is 131. The third kappa shape index (κ3) is 2.68. The smallest absolute Gasteiger partial charge is 0.0133 e. The number of hydrogen-bond acceptors (Lipinski definition) is 2. The third-order valence-electron chi connectivity index (χ3n) is 3.31. The van der Waals surface area contributed by atoms with Crippen LogP contribution in [0.4, 0.5) is 0 Å². The molecule has 0 spiro atoms. The topological polar surface area (TPSA) is 6.48 Å². The Morgan fingerprint density at radius 2 is 0.692 bits per heavy atom. The SMILES string of the molecule is C1CCCN2CCCCN2CCC1. The molecule has 2 saturated heterocycles. The maximum Gasteiger partial charge on any atom is 0.0133 e. The number of hydrazine groups is 1. The molecule has 0 atom stereocenters. The molecule has 13 heavy (non-hydrogen) atoms. The average molecular weight is 182 g/mol. The van der Waals surface area contributed by atoms with E-state index in [1.165, 1.54) is 71.1 Å². The molecule has 0 bridgehead atoms. The monoisotopic (exact) mass is 182 g/mol. The van der Waals surface area contributed by atoms with Gasteiger partial charge in [-0.1, -0.05) is 19.3 Å². The summed E-state index contributed by atoms with van der Waals surface area (Å²) in [7, 11) is 0. The molecule has 2 fully saturated rings. The molecule has 2 rings (SSSR count). The van der Waals surface area contributed by atoms with Gasteiger partial charge in [0, 0.05) is 26.2 Å². The standard InChI is InChI=1S/C11H22N2/c1-2-4-8-12-10-6-7-11-13(12)9-5-3-1/h1-11H2. The summed E-state index contributed by atoms with van der Waals surface area (Å²) in [6.07, 6.45) is 10.0. The molecule has 0 aromatic heterocycles. The van der Waals surface area contributed by atoms with E-state index in [4.69, 9.17) is 0 Å². The lowest BCUT2D eigenvalue weighted by atomic mass is 10.1. The van der Waals surface area contributed by atoms with Crippen LogP contribution in [0.2, 0.25) is 0 Å². The first-order chi connectivity index (χ1) is 6.47. The lowest BCUT2D eigenvalue weighted by Crippen LogP contribution is -2.47. The summed E-state index contributed by atoms with van der Waals surface area (Å²) in [5, 5.41) is 5.21. The zero-order valence-electron chi connectivity index (χ0n) is 8.67. The number of nitrogens with zero attached hydrogens (tertiary/aromatic N) is 2. The molecule has 76 valence electrons. The summed E-state index contributed by atoms with van der Waals surface area (Å²) in [5.41, 5.74) is 0. The molecule has 0 aromatic carbocycles. The molecule has 0 aliphatic carbocycles. The van der Waals surface area contributed by atoms with Gasteiger partial charge in [0.2, 0.25) is 0 Å². The molecule has 2 aliphatic heterocycles. The van der Waals surface area contributed by atoms with Crippen LogP contribution < -0.4 is 0 Å². The van der Waals surface area contributed by atoms with Gasteiger partial charge in [-0.3, -0.25) is 0 Å². The van der Waals surface area contributed by atoms with Gasteiger partial charge in [-0.15, -0.1) is 0 Å². The van der Waals surface area contributed by atoms with Crippen molar-refractivity contribution in [3.8, 4) is 0 Å². The molecule has 0 amide bonds. The molecule has 0 unspecified atom stereocenters. The van der Waals surface area contributed by atoms with Crippen LogP contribution in [0.1, 0.15) is 44.9 Å². The van der Waals surface area contributed by atoms with Crippen molar-refractivity contribution in [1.29, 1.82) is 0 Å². The predicted molar refractivity (Wildman–Crippen MR) is 55.5 cm³/mol. The summed E-state index contributed by atoms with van der Waals surface area (Å²) in [5.74, 6) is 0. The van der Waals surface area contributed by atoms with Crippen LogP contribution in [-0.2, 0) is 0 Å². The van der Waals surface area contributed by atoms with Crippen molar-refractivity contribution in [2.75, 3.05) is 26.2 Å². The van der Waals surface area contributed by atoms with Crippen molar-refractivity contribution in [3.05, 3.63) is 0 Å². The van der Waals surface area contributed by atoms with Crippen molar-refractivity contribution in [2.24, 2.45) is 0 Å². The molecule has 2 nitrogen and oxygen atoms in total. The minimum atomic E-state index is 1.32. The highest BCUT2D eigenvalue weighted by Crippen LogP contribution is 2.16. The summed E-state index contributed by atoms with van der Waals surface area (Å²) >= 11 is 0. The van der Waals surface area contributed by atoms with E-state index in [0.29, 0.717) is 0 Å². The minimum absolute atomic E-state index is 1.32. The normalized spacial score (nSPS) is 28.6. The van der Waals surface area contributed by atoms with Crippen LogP contribution in [0.15, 0.2) is 0 Å². The number of rotatable bonds is 0. The lowest BCUT2D eigenvalue weighted by molar-refractivity contribution is -0.0498. The maximum absolute atomic E-state index is 2.61. The summed E-state index contributed by atoms with van der Waals surface area (Å²) < 4.78 is 0. The third-order valence-corrected chi connectivity index (χ3v) is 3.31. The van der Waals surface area contributed by atoms with E-state index in [-0.39, 0.29) is 0 Å². The van der Waals surface area contributed by atoms with E-state index in [2.05, 4.69) is 10.0 Å². The van der Waals surface area contributed by atoms with Gasteiger partial charge in [-0.2, -0.15) is 0 Å². The van der Waals surface area contributed by atoms with Crippen LogP contribution >= 0.6 is 0 Å². The van der Waals surface area contributed by atoms with Gasteiger partial charge in [-0.25, -0.2) is 10.0 Å². The van der Waals surface area contributed by atoms with Gasteiger partial charge in [-0.05, 0) is 25.7 Å². The van der Waals surface area contributed by atoms with Gasteiger partial charge in [0.1, 0.15) is 0 Å². The second-order valence-corrected chi connectivity index (χ2v) is 4.38. The van der Waals surface area contributed by atoms with Crippen molar-refractivity contribution < 1.29 is 0 Å². The van der Waals surface area contributed by atoms with Crippen molar-refractivity contribution >= 4 is 0 Å². The van der Waals surface area contributed by atoms with Crippen LogP contribution in [0.25, 0.3) is 0 Å². The quantitative estimate of drug-likeness (QED) is 0.567. The first-order valence-corrected chi connectivity index (χ1v) is 5.96. The molecular weight excluding hydrogens is 160 g/mol. The molecule has 0 N–H and O–H groups in total.